The number of unbranched alkanes of at least 4 members (excludes halogenated alkanes) is 3. The molecule has 0 aliphatic carbocycles. The second kappa shape index (κ2) is 10.5. The Morgan fingerprint density at radius 3 is 2.50 bits per heavy atom. The predicted molar refractivity (Wildman–Crippen MR) is 77.8 cm³/mol. The van der Waals surface area contributed by atoms with E-state index in [0.29, 0.717) is 0 Å². The molecule has 0 bridgehead atoms. The summed E-state index contributed by atoms with van der Waals surface area (Å²) in [5.74, 6) is 0. The van der Waals surface area contributed by atoms with Crippen LogP contribution >= 0.6 is 0 Å². The van der Waals surface area contributed by atoms with Gasteiger partial charge in [-0.2, -0.15) is 0 Å². The quantitative estimate of drug-likeness (QED) is 0.274. The Hall–Kier alpha value is -1.70. The molecule has 0 saturated carbocycles. The van der Waals surface area contributed by atoms with Gasteiger partial charge in [-0.1, -0.05) is 31.2 Å². The largest absolute Gasteiger partial charge is 0.293 e. The van der Waals surface area contributed by atoms with Crippen LogP contribution in [0.1, 0.15) is 25.7 Å². The zero-order chi connectivity index (χ0) is 12.9. The van der Waals surface area contributed by atoms with E-state index in [1.165, 1.54) is 25.7 Å². The van der Waals surface area contributed by atoms with E-state index in [1.54, 1.807) is 6.08 Å². The third-order valence-corrected chi connectivity index (χ3v) is 2.67. The maximum Gasteiger partial charge on any atom is 0.168 e. The van der Waals surface area contributed by atoms with Crippen molar-refractivity contribution in [3.63, 3.8) is 0 Å². The summed E-state index contributed by atoms with van der Waals surface area (Å²) in [6.07, 6.45) is 16.6. The first-order chi connectivity index (χ1) is 8.93. The highest BCUT2D eigenvalue weighted by Crippen LogP contribution is 1.99. The Balaban J connectivity index is 1.94. The van der Waals surface area contributed by atoms with Crippen molar-refractivity contribution in [3.8, 4) is 0 Å². The lowest BCUT2D eigenvalue weighted by molar-refractivity contribution is -0.697. The number of hydrogen-bond donors (Lipinski definition) is 0. The molecule has 0 unspecified atom stereocenters. The summed E-state index contributed by atoms with van der Waals surface area (Å²) in [6, 6.07) is 6.20. The van der Waals surface area contributed by atoms with Crippen LogP contribution in [-0.4, -0.2) is 12.8 Å². The molecule has 1 aromatic rings. The van der Waals surface area contributed by atoms with E-state index >= 15 is 0 Å². The number of aryl methyl sites for hydroxylation is 1. The topological polar surface area (TPSA) is 16.2 Å². The SMILES string of the molecule is C=C/C=C\C=NCCCCCC[n+]1ccccc1. The van der Waals surface area contributed by atoms with Gasteiger partial charge in [-0.15, -0.1) is 0 Å². The summed E-state index contributed by atoms with van der Waals surface area (Å²) in [4.78, 5) is 4.30. The Kier molecular flexibility index (Phi) is 8.34. The highest BCUT2D eigenvalue weighted by atomic mass is 14.9. The van der Waals surface area contributed by atoms with Crippen LogP contribution in [0.2, 0.25) is 0 Å². The molecule has 96 valence electrons. The predicted octanol–water partition coefficient (Wildman–Crippen LogP) is 3.35. The fraction of sp³-hybridized carbons (Fsp3) is 0.375. The van der Waals surface area contributed by atoms with Crippen molar-refractivity contribution in [2.75, 3.05) is 6.54 Å². The molecule has 0 saturated heterocycles. The van der Waals surface area contributed by atoms with Gasteiger partial charge in [0.1, 0.15) is 6.54 Å². The van der Waals surface area contributed by atoms with E-state index in [4.69, 9.17) is 0 Å². The molecule has 0 aliphatic heterocycles. The van der Waals surface area contributed by atoms with E-state index in [-0.39, 0.29) is 0 Å². The molecular formula is C16H23N2+. The first-order valence-corrected chi connectivity index (χ1v) is 6.65. The van der Waals surface area contributed by atoms with Crippen molar-refractivity contribution in [2.24, 2.45) is 4.99 Å². The van der Waals surface area contributed by atoms with Gasteiger partial charge in [-0.3, -0.25) is 4.99 Å². The van der Waals surface area contributed by atoms with Gasteiger partial charge >= 0.3 is 0 Å². The minimum absolute atomic E-state index is 0.931. The lowest BCUT2D eigenvalue weighted by Crippen LogP contribution is -2.32. The van der Waals surface area contributed by atoms with Crippen LogP contribution < -0.4 is 4.57 Å². The molecule has 1 aromatic heterocycles. The van der Waals surface area contributed by atoms with Crippen LogP contribution in [0.4, 0.5) is 0 Å². The summed E-state index contributed by atoms with van der Waals surface area (Å²) in [5.41, 5.74) is 0. The van der Waals surface area contributed by atoms with Crippen molar-refractivity contribution in [2.45, 2.75) is 32.2 Å². The zero-order valence-corrected chi connectivity index (χ0v) is 11.0. The second-order valence-electron chi connectivity index (χ2n) is 4.20. The Morgan fingerprint density at radius 2 is 1.72 bits per heavy atom. The molecule has 0 fully saturated rings. The first-order valence-electron chi connectivity index (χ1n) is 6.65. The summed E-state index contributed by atoms with van der Waals surface area (Å²) in [6.45, 7) is 5.65. The number of rotatable bonds is 9. The summed E-state index contributed by atoms with van der Waals surface area (Å²) >= 11 is 0. The van der Waals surface area contributed by atoms with Crippen LogP contribution in [0.5, 0.6) is 0 Å². The maximum absolute atomic E-state index is 4.30. The second-order valence-corrected chi connectivity index (χ2v) is 4.20. The van der Waals surface area contributed by atoms with Crippen LogP contribution in [0, 0.1) is 0 Å². The number of pyridine rings is 1. The average molecular weight is 243 g/mol. The van der Waals surface area contributed by atoms with E-state index in [1.807, 2.05) is 18.4 Å². The van der Waals surface area contributed by atoms with Crippen molar-refractivity contribution in [1.82, 2.24) is 0 Å². The standard InChI is InChI=1S/C16H23N2/c1-2-3-7-12-17-13-8-4-5-9-14-18-15-10-6-11-16-18/h2-3,6-7,10-12,15-16H,1,4-5,8-9,13-14H2/q+1/b7-3-,17-12?. The molecule has 0 N–H and O–H groups in total. The summed E-state index contributed by atoms with van der Waals surface area (Å²) in [5, 5.41) is 0. The van der Waals surface area contributed by atoms with Crippen LogP contribution in [0.15, 0.2) is 60.4 Å². The molecule has 0 spiro atoms. The van der Waals surface area contributed by atoms with E-state index in [0.717, 1.165) is 13.1 Å². The molecule has 2 nitrogen and oxygen atoms in total. The third kappa shape index (κ3) is 7.55. The van der Waals surface area contributed by atoms with Crippen molar-refractivity contribution >= 4 is 6.21 Å². The summed E-state index contributed by atoms with van der Waals surface area (Å²) in [7, 11) is 0. The lowest BCUT2D eigenvalue weighted by atomic mass is 10.2. The highest BCUT2D eigenvalue weighted by molar-refractivity contribution is 5.71. The third-order valence-electron chi connectivity index (χ3n) is 2.67. The minimum atomic E-state index is 0.931. The lowest BCUT2D eigenvalue weighted by Gasteiger charge is -1.97. The molecular weight excluding hydrogens is 220 g/mol. The fourth-order valence-electron chi connectivity index (χ4n) is 1.70. The van der Waals surface area contributed by atoms with E-state index in [9.17, 15) is 0 Å². The normalized spacial score (nSPS) is 11.3. The molecule has 18 heavy (non-hydrogen) atoms. The van der Waals surface area contributed by atoms with Crippen molar-refractivity contribution < 1.29 is 4.57 Å². The van der Waals surface area contributed by atoms with Gasteiger partial charge in [-0.25, -0.2) is 4.57 Å². The summed E-state index contributed by atoms with van der Waals surface area (Å²) < 4.78 is 2.23. The highest BCUT2D eigenvalue weighted by Gasteiger charge is 1.96. The zero-order valence-electron chi connectivity index (χ0n) is 11.0. The van der Waals surface area contributed by atoms with Crippen LogP contribution in [0.25, 0.3) is 0 Å². The Labute approximate surface area is 110 Å². The molecule has 0 atom stereocenters. The molecule has 0 aliphatic rings. The van der Waals surface area contributed by atoms with Crippen molar-refractivity contribution in [1.29, 1.82) is 0 Å². The van der Waals surface area contributed by atoms with Crippen LogP contribution in [-0.2, 0) is 6.54 Å². The monoisotopic (exact) mass is 243 g/mol. The van der Waals surface area contributed by atoms with Gasteiger partial charge in [0.05, 0.1) is 0 Å². The molecule has 0 aromatic carbocycles. The number of nitrogens with zero attached hydrogens (tertiary/aromatic N) is 2. The molecule has 1 heterocycles. The maximum atomic E-state index is 4.30. The van der Waals surface area contributed by atoms with Gasteiger partial charge in [0.2, 0.25) is 0 Å². The molecule has 2 heteroatoms. The molecule has 1 rings (SSSR count). The smallest absolute Gasteiger partial charge is 0.168 e. The van der Waals surface area contributed by atoms with E-state index < -0.39 is 0 Å². The molecule has 0 amide bonds. The van der Waals surface area contributed by atoms with Crippen molar-refractivity contribution in [3.05, 3.63) is 55.4 Å². The van der Waals surface area contributed by atoms with Gasteiger partial charge < -0.3 is 0 Å². The van der Waals surface area contributed by atoms with Gasteiger partial charge in [-0.05, 0) is 18.9 Å². The number of hydrogen-bond acceptors (Lipinski definition) is 1. The Morgan fingerprint density at radius 1 is 0.944 bits per heavy atom. The average Bonchev–Trinajstić information content (AvgIpc) is 2.42. The molecule has 0 radical (unpaired) electrons. The van der Waals surface area contributed by atoms with Crippen LogP contribution in [0.3, 0.4) is 0 Å². The fourth-order valence-corrected chi connectivity index (χ4v) is 1.70. The number of allylic oxidation sites excluding steroid dienone is 3. The van der Waals surface area contributed by atoms with E-state index in [2.05, 4.69) is 46.7 Å². The van der Waals surface area contributed by atoms with Gasteiger partial charge in [0.15, 0.2) is 12.4 Å². The minimum Gasteiger partial charge on any atom is -0.293 e. The first kappa shape index (κ1) is 14.4. The van der Waals surface area contributed by atoms with Gasteiger partial charge in [0, 0.05) is 31.3 Å². The number of aliphatic imine (C=N–C) groups is 1. The Bertz CT molecular complexity index is 366. The number of aromatic nitrogens is 1. The van der Waals surface area contributed by atoms with Gasteiger partial charge in [0.25, 0.3) is 0 Å².